The summed E-state index contributed by atoms with van der Waals surface area (Å²) < 4.78 is 16.1. The molecule has 0 fully saturated rings. The van der Waals surface area contributed by atoms with Gasteiger partial charge in [-0.15, -0.1) is 0 Å². The Morgan fingerprint density at radius 2 is 1.50 bits per heavy atom. The average molecular weight is 263 g/mol. The van der Waals surface area contributed by atoms with E-state index in [-0.39, 0.29) is 6.10 Å². The lowest BCUT2D eigenvalue weighted by Crippen LogP contribution is -2.28. The molecule has 0 saturated carbocycles. The third kappa shape index (κ3) is 15.8. The van der Waals surface area contributed by atoms with Crippen LogP contribution >= 0.6 is 0 Å². The fourth-order valence-electron chi connectivity index (χ4n) is 1.24. The lowest BCUT2D eigenvalue weighted by Gasteiger charge is -2.08. The van der Waals surface area contributed by atoms with Gasteiger partial charge in [0.1, 0.15) is 0 Å². The highest BCUT2D eigenvalue weighted by atomic mass is 16.5. The van der Waals surface area contributed by atoms with Crippen molar-refractivity contribution in [3.63, 3.8) is 0 Å². The number of rotatable bonds is 14. The number of aliphatic hydroxyl groups is 1. The molecule has 0 aromatic carbocycles. The maximum atomic E-state index is 8.99. The van der Waals surface area contributed by atoms with Crippen LogP contribution in [-0.2, 0) is 14.2 Å². The Kier molecular flexibility index (Phi) is 14.7. The van der Waals surface area contributed by atoms with Crippen LogP contribution in [0, 0.1) is 0 Å². The highest BCUT2D eigenvalue weighted by Crippen LogP contribution is 1.88. The van der Waals surface area contributed by atoms with Crippen molar-refractivity contribution >= 4 is 0 Å². The van der Waals surface area contributed by atoms with E-state index in [1.54, 1.807) is 6.92 Å². The van der Waals surface area contributed by atoms with Crippen LogP contribution in [0.5, 0.6) is 0 Å². The van der Waals surface area contributed by atoms with E-state index in [0.29, 0.717) is 39.6 Å². The summed E-state index contributed by atoms with van der Waals surface area (Å²) in [4.78, 5) is 0. The number of ether oxygens (including phenoxy) is 3. The minimum Gasteiger partial charge on any atom is -0.392 e. The van der Waals surface area contributed by atoms with Gasteiger partial charge in [-0.05, 0) is 13.3 Å². The molecule has 2 N–H and O–H groups in total. The monoisotopic (exact) mass is 263 g/mol. The number of aliphatic hydroxyl groups excluding tert-OH is 1. The zero-order valence-corrected chi connectivity index (χ0v) is 11.8. The molecule has 0 aromatic heterocycles. The van der Waals surface area contributed by atoms with Gasteiger partial charge >= 0.3 is 0 Å². The summed E-state index contributed by atoms with van der Waals surface area (Å²) >= 11 is 0. The average Bonchev–Trinajstić information content (AvgIpc) is 2.34. The van der Waals surface area contributed by atoms with E-state index in [0.717, 1.165) is 26.0 Å². The summed E-state index contributed by atoms with van der Waals surface area (Å²) in [6.45, 7) is 9.23. The number of unbranched alkanes of at least 4 members (excludes halogenated alkanes) is 1. The quantitative estimate of drug-likeness (QED) is 0.454. The number of nitrogens with one attached hydrogen (secondary N) is 1. The number of hydrogen-bond acceptors (Lipinski definition) is 5. The maximum Gasteiger partial charge on any atom is 0.0701 e. The summed E-state index contributed by atoms with van der Waals surface area (Å²) in [5.41, 5.74) is 0. The van der Waals surface area contributed by atoms with Crippen molar-refractivity contribution in [2.24, 2.45) is 0 Å². The van der Waals surface area contributed by atoms with Gasteiger partial charge in [0.15, 0.2) is 0 Å². The van der Waals surface area contributed by atoms with Crippen molar-refractivity contribution in [3.05, 3.63) is 0 Å². The molecular formula is C13H29NO4. The first-order valence-electron chi connectivity index (χ1n) is 6.89. The Bertz CT molecular complexity index is 156. The topological polar surface area (TPSA) is 60.0 Å². The molecule has 5 nitrogen and oxygen atoms in total. The van der Waals surface area contributed by atoms with Gasteiger partial charge in [0.05, 0.1) is 39.1 Å². The molecule has 1 atom stereocenters. The van der Waals surface area contributed by atoms with E-state index in [1.165, 1.54) is 0 Å². The first kappa shape index (κ1) is 17.8. The SMILES string of the molecule is CCCCOCCOCCOCCNCC(C)O. The van der Waals surface area contributed by atoms with E-state index < -0.39 is 0 Å². The molecular weight excluding hydrogens is 234 g/mol. The van der Waals surface area contributed by atoms with Gasteiger partial charge in [0.25, 0.3) is 0 Å². The standard InChI is InChI=1S/C13H29NO4/c1-3-4-6-16-8-10-18-11-9-17-7-5-14-12-13(2)15/h13-15H,3-12H2,1-2H3. The first-order valence-corrected chi connectivity index (χ1v) is 6.89. The van der Waals surface area contributed by atoms with Crippen LogP contribution in [-0.4, -0.2) is 63.9 Å². The van der Waals surface area contributed by atoms with E-state index in [4.69, 9.17) is 19.3 Å². The minimum absolute atomic E-state index is 0.305. The Balaban J connectivity index is 2.90. The molecule has 0 aliphatic carbocycles. The molecule has 0 aliphatic heterocycles. The molecule has 0 heterocycles. The zero-order valence-electron chi connectivity index (χ0n) is 11.8. The van der Waals surface area contributed by atoms with Gasteiger partial charge in [-0.25, -0.2) is 0 Å². The minimum atomic E-state index is -0.305. The van der Waals surface area contributed by atoms with Crippen molar-refractivity contribution in [1.29, 1.82) is 0 Å². The van der Waals surface area contributed by atoms with Crippen LogP contribution in [0.2, 0.25) is 0 Å². The first-order chi connectivity index (χ1) is 8.77. The van der Waals surface area contributed by atoms with E-state index in [1.807, 2.05) is 0 Å². The largest absolute Gasteiger partial charge is 0.392 e. The third-order valence-corrected chi connectivity index (χ3v) is 2.25. The van der Waals surface area contributed by atoms with Gasteiger partial charge in [-0.1, -0.05) is 13.3 Å². The van der Waals surface area contributed by atoms with Gasteiger partial charge in [-0.3, -0.25) is 0 Å². The molecule has 0 rings (SSSR count). The molecule has 0 saturated heterocycles. The summed E-state index contributed by atoms with van der Waals surface area (Å²) in [5.74, 6) is 0. The molecule has 0 amide bonds. The van der Waals surface area contributed by atoms with E-state index in [2.05, 4.69) is 12.2 Å². The summed E-state index contributed by atoms with van der Waals surface area (Å²) in [6.07, 6.45) is 1.97. The Labute approximate surface area is 111 Å². The zero-order chi connectivity index (χ0) is 13.5. The lowest BCUT2D eigenvalue weighted by molar-refractivity contribution is 0.0144. The molecule has 0 radical (unpaired) electrons. The Morgan fingerprint density at radius 3 is 2.06 bits per heavy atom. The van der Waals surface area contributed by atoms with Crippen molar-refractivity contribution in [2.75, 3.05) is 52.7 Å². The fourth-order valence-corrected chi connectivity index (χ4v) is 1.24. The molecule has 0 aromatic rings. The second-order valence-corrected chi connectivity index (χ2v) is 4.24. The Hall–Kier alpha value is -0.200. The van der Waals surface area contributed by atoms with Crippen LogP contribution in [0.1, 0.15) is 26.7 Å². The highest BCUT2D eigenvalue weighted by Gasteiger charge is 1.94. The predicted octanol–water partition coefficient (Wildman–Crippen LogP) is 0.807. The molecule has 18 heavy (non-hydrogen) atoms. The lowest BCUT2D eigenvalue weighted by atomic mass is 10.4. The molecule has 0 spiro atoms. The number of hydrogen-bond donors (Lipinski definition) is 2. The Morgan fingerprint density at radius 1 is 0.944 bits per heavy atom. The second-order valence-electron chi connectivity index (χ2n) is 4.24. The van der Waals surface area contributed by atoms with Crippen molar-refractivity contribution in [1.82, 2.24) is 5.32 Å². The molecule has 0 bridgehead atoms. The van der Waals surface area contributed by atoms with Gasteiger partial charge in [-0.2, -0.15) is 0 Å². The van der Waals surface area contributed by atoms with Crippen molar-refractivity contribution in [2.45, 2.75) is 32.8 Å². The van der Waals surface area contributed by atoms with Gasteiger partial charge in [0.2, 0.25) is 0 Å². The smallest absolute Gasteiger partial charge is 0.0701 e. The van der Waals surface area contributed by atoms with Crippen LogP contribution in [0.15, 0.2) is 0 Å². The van der Waals surface area contributed by atoms with Crippen LogP contribution in [0.25, 0.3) is 0 Å². The molecule has 110 valence electrons. The fraction of sp³-hybridized carbons (Fsp3) is 1.00. The van der Waals surface area contributed by atoms with Gasteiger partial charge < -0.3 is 24.6 Å². The van der Waals surface area contributed by atoms with Crippen molar-refractivity contribution in [3.8, 4) is 0 Å². The van der Waals surface area contributed by atoms with Crippen LogP contribution in [0.4, 0.5) is 0 Å². The molecule has 0 aliphatic rings. The van der Waals surface area contributed by atoms with E-state index >= 15 is 0 Å². The summed E-state index contributed by atoms with van der Waals surface area (Å²) in [5, 5.41) is 12.1. The third-order valence-electron chi connectivity index (χ3n) is 2.25. The normalized spacial score (nSPS) is 12.8. The molecule has 5 heteroatoms. The summed E-state index contributed by atoms with van der Waals surface area (Å²) in [6, 6.07) is 0. The van der Waals surface area contributed by atoms with Crippen molar-refractivity contribution < 1.29 is 19.3 Å². The molecule has 1 unspecified atom stereocenters. The predicted molar refractivity (Wildman–Crippen MR) is 71.9 cm³/mol. The highest BCUT2D eigenvalue weighted by molar-refractivity contribution is 4.51. The maximum absolute atomic E-state index is 8.99. The van der Waals surface area contributed by atoms with E-state index in [9.17, 15) is 0 Å². The van der Waals surface area contributed by atoms with Crippen LogP contribution in [0.3, 0.4) is 0 Å². The summed E-state index contributed by atoms with van der Waals surface area (Å²) in [7, 11) is 0. The van der Waals surface area contributed by atoms with Gasteiger partial charge in [0, 0.05) is 19.7 Å². The van der Waals surface area contributed by atoms with Crippen LogP contribution < -0.4 is 5.32 Å². The second kappa shape index (κ2) is 14.9.